The first-order chi connectivity index (χ1) is 12.3. The Morgan fingerprint density at radius 2 is 2.00 bits per heavy atom. The molecule has 0 atom stereocenters. The van der Waals surface area contributed by atoms with Crippen molar-refractivity contribution in [1.82, 2.24) is 15.6 Å². The molecule has 2 heterocycles. The molecular formula is C19H14N4OS. The van der Waals surface area contributed by atoms with Crippen LogP contribution in [-0.2, 0) is 0 Å². The van der Waals surface area contributed by atoms with Gasteiger partial charge in [0, 0.05) is 10.4 Å². The number of fused-ring (bicyclic) bond motifs is 1. The van der Waals surface area contributed by atoms with Gasteiger partial charge in [0.25, 0.3) is 5.91 Å². The van der Waals surface area contributed by atoms with E-state index in [2.05, 4.69) is 32.9 Å². The Bertz CT molecular complexity index is 1040. The van der Waals surface area contributed by atoms with E-state index in [-0.39, 0.29) is 5.91 Å². The molecule has 1 amide bonds. The number of aromatic amines is 1. The molecule has 0 unspecified atom stereocenters. The number of carbonyl (C=O) groups is 1. The molecular weight excluding hydrogens is 332 g/mol. The molecule has 4 rings (SSSR count). The molecule has 0 aliphatic carbocycles. The summed E-state index contributed by atoms with van der Waals surface area (Å²) in [5.74, 6) is -0.327. The average Bonchev–Trinajstić information content (AvgIpc) is 3.33. The van der Waals surface area contributed by atoms with Crippen LogP contribution in [0.5, 0.6) is 0 Å². The van der Waals surface area contributed by atoms with Crippen molar-refractivity contribution in [2.45, 2.75) is 0 Å². The maximum absolute atomic E-state index is 12.2. The number of benzene rings is 2. The van der Waals surface area contributed by atoms with Crippen LogP contribution in [0.2, 0.25) is 0 Å². The molecule has 0 bridgehead atoms. The zero-order valence-electron chi connectivity index (χ0n) is 13.1. The van der Waals surface area contributed by atoms with Gasteiger partial charge in [0.15, 0.2) is 0 Å². The van der Waals surface area contributed by atoms with E-state index in [1.54, 1.807) is 23.6 Å². The van der Waals surface area contributed by atoms with Crippen LogP contribution in [0.3, 0.4) is 0 Å². The summed E-state index contributed by atoms with van der Waals surface area (Å²) in [6, 6.07) is 19.7. The van der Waals surface area contributed by atoms with Crippen molar-refractivity contribution in [2.75, 3.05) is 0 Å². The summed E-state index contributed by atoms with van der Waals surface area (Å²) in [5.41, 5.74) is 4.58. The van der Waals surface area contributed by atoms with Gasteiger partial charge < -0.3 is 0 Å². The number of amides is 1. The lowest BCUT2D eigenvalue weighted by Crippen LogP contribution is -2.17. The maximum Gasteiger partial charge on any atom is 0.289 e. The van der Waals surface area contributed by atoms with Crippen molar-refractivity contribution in [1.29, 1.82) is 0 Å². The Hall–Kier alpha value is -3.25. The highest BCUT2D eigenvalue weighted by molar-refractivity contribution is 7.11. The van der Waals surface area contributed by atoms with Crippen LogP contribution in [0.15, 0.2) is 71.1 Å². The number of H-pyrrole nitrogens is 1. The molecule has 2 N–H and O–H groups in total. The lowest BCUT2D eigenvalue weighted by atomic mass is 10.0. The Kier molecular flexibility index (Phi) is 4.10. The molecule has 122 valence electrons. The summed E-state index contributed by atoms with van der Waals surface area (Å²) in [7, 11) is 0. The summed E-state index contributed by atoms with van der Waals surface area (Å²) in [5, 5.41) is 15.2. The number of nitrogens with zero attached hydrogens (tertiary/aromatic N) is 2. The summed E-state index contributed by atoms with van der Waals surface area (Å²) >= 11 is 1.55. The third kappa shape index (κ3) is 3.20. The second kappa shape index (κ2) is 6.70. The van der Waals surface area contributed by atoms with E-state index in [9.17, 15) is 4.79 Å². The second-order valence-electron chi connectivity index (χ2n) is 5.41. The van der Waals surface area contributed by atoms with Crippen LogP contribution in [-0.4, -0.2) is 22.3 Å². The van der Waals surface area contributed by atoms with E-state index >= 15 is 0 Å². The molecule has 0 saturated heterocycles. The third-order valence-corrected chi connectivity index (χ3v) is 4.60. The molecule has 4 aromatic rings. The number of hydrazone groups is 1. The number of thiophene rings is 1. The summed E-state index contributed by atoms with van der Waals surface area (Å²) in [6.07, 6.45) is 1.62. The fourth-order valence-electron chi connectivity index (χ4n) is 2.60. The largest absolute Gasteiger partial charge is 0.289 e. The molecule has 5 nitrogen and oxygen atoms in total. The minimum absolute atomic E-state index is 0.327. The topological polar surface area (TPSA) is 70.1 Å². The highest BCUT2D eigenvalue weighted by Gasteiger charge is 2.12. The smallest absolute Gasteiger partial charge is 0.272 e. The van der Waals surface area contributed by atoms with E-state index < -0.39 is 0 Å². The van der Waals surface area contributed by atoms with Gasteiger partial charge in [0.1, 0.15) is 5.69 Å². The number of hydrogen-bond donors (Lipinski definition) is 2. The van der Waals surface area contributed by atoms with Crippen molar-refractivity contribution in [3.8, 4) is 11.3 Å². The van der Waals surface area contributed by atoms with Gasteiger partial charge in [0.05, 0.1) is 11.9 Å². The fourth-order valence-corrected chi connectivity index (χ4v) is 3.19. The Morgan fingerprint density at radius 1 is 1.12 bits per heavy atom. The van der Waals surface area contributed by atoms with E-state index in [0.717, 1.165) is 26.9 Å². The quantitative estimate of drug-likeness (QED) is 0.432. The van der Waals surface area contributed by atoms with Crippen molar-refractivity contribution in [2.24, 2.45) is 5.10 Å². The average molecular weight is 346 g/mol. The SMILES string of the molecule is O=C(N/N=C/c1cccs1)c1cc(-c2cccc3ccccc23)n[nH]1. The summed E-state index contributed by atoms with van der Waals surface area (Å²) < 4.78 is 0. The number of nitrogens with one attached hydrogen (secondary N) is 2. The number of aromatic nitrogens is 2. The van der Waals surface area contributed by atoms with Crippen LogP contribution in [0.25, 0.3) is 22.0 Å². The van der Waals surface area contributed by atoms with Gasteiger partial charge in [-0.3, -0.25) is 9.89 Å². The van der Waals surface area contributed by atoms with E-state index in [1.807, 2.05) is 47.8 Å². The van der Waals surface area contributed by atoms with Gasteiger partial charge in [-0.1, -0.05) is 48.5 Å². The van der Waals surface area contributed by atoms with Crippen LogP contribution < -0.4 is 5.43 Å². The Labute approximate surface area is 148 Å². The van der Waals surface area contributed by atoms with Crippen molar-refractivity contribution in [3.63, 3.8) is 0 Å². The molecule has 0 fully saturated rings. The second-order valence-corrected chi connectivity index (χ2v) is 6.39. The van der Waals surface area contributed by atoms with Gasteiger partial charge in [0.2, 0.25) is 0 Å². The highest BCUT2D eigenvalue weighted by atomic mass is 32.1. The molecule has 2 aromatic heterocycles. The monoisotopic (exact) mass is 346 g/mol. The first-order valence-corrected chi connectivity index (χ1v) is 8.60. The molecule has 0 radical (unpaired) electrons. The third-order valence-electron chi connectivity index (χ3n) is 3.79. The van der Waals surface area contributed by atoms with Gasteiger partial charge in [-0.25, -0.2) is 5.43 Å². The first-order valence-electron chi connectivity index (χ1n) is 7.72. The van der Waals surface area contributed by atoms with Gasteiger partial charge >= 0.3 is 0 Å². The first kappa shape index (κ1) is 15.3. The molecule has 6 heteroatoms. The molecule has 25 heavy (non-hydrogen) atoms. The molecule has 0 saturated carbocycles. The maximum atomic E-state index is 12.2. The molecule has 0 spiro atoms. The van der Waals surface area contributed by atoms with Crippen molar-refractivity contribution >= 4 is 34.2 Å². The van der Waals surface area contributed by atoms with Crippen LogP contribution in [0.1, 0.15) is 15.4 Å². The Balaban J connectivity index is 1.56. The van der Waals surface area contributed by atoms with Crippen molar-refractivity contribution < 1.29 is 4.79 Å². The van der Waals surface area contributed by atoms with Crippen molar-refractivity contribution in [3.05, 3.63) is 76.6 Å². The van der Waals surface area contributed by atoms with Gasteiger partial charge in [-0.05, 0) is 28.3 Å². The molecule has 0 aliphatic heterocycles. The zero-order chi connectivity index (χ0) is 17.1. The number of rotatable bonds is 4. The van der Waals surface area contributed by atoms with Gasteiger partial charge in [-0.15, -0.1) is 11.3 Å². The normalized spacial score (nSPS) is 11.2. The number of carbonyl (C=O) groups excluding carboxylic acids is 1. The highest BCUT2D eigenvalue weighted by Crippen LogP contribution is 2.27. The zero-order valence-corrected chi connectivity index (χ0v) is 14.0. The molecule has 2 aromatic carbocycles. The van der Waals surface area contributed by atoms with Crippen LogP contribution in [0, 0.1) is 0 Å². The number of hydrogen-bond acceptors (Lipinski definition) is 4. The Morgan fingerprint density at radius 3 is 2.88 bits per heavy atom. The molecule has 0 aliphatic rings. The predicted octanol–water partition coefficient (Wildman–Crippen LogP) is 4.06. The van der Waals surface area contributed by atoms with E-state index in [0.29, 0.717) is 5.69 Å². The lowest BCUT2D eigenvalue weighted by molar-refractivity contribution is 0.0950. The van der Waals surface area contributed by atoms with Crippen LogP contribution in [0.4, 0.5) is 0 Å². The minimum atomic E-state index is -0.327. The lowest BCUT2D eigenvalue weighted by Gasteiger charge is -2.02. The summed E-state index contributed by atoms with van der Waals surface area (Å²) in [4.78, 5) is 13.2. The standard InChI is InChI=1S/C19H14N4OS/c24-19(23-20-12-14-7-4-10-25-14)18-11-17(21-22-18)16-9-3-6-13-5-1-2-8-15(13)16/h1-12H,(H,21,22)(H,23,24)/b20-12+. The minimum Gasteiger partial charge on any atom is -0.272 e. The van der Waals surface area contributed by atoms with Gasteiger partial charge in [-0.2, -0.15) is 10.2 Å². The van der Waals surface area contributed by atoms with E-state index in [1.165, 1.54) is 0 Å². The van der Waals surface area contributed by atoms with E-state index in [4.69, 9.17) is 0 Å². The predicted molar refractivity (Wildman–Crippen MR) is 101 cm³/mol. The summed E-state index contributed by atoms with van der Waals surface area (Å²) in [6.45, 7) is 0. The van der Waals surface area contributed by atoms with Crippen LogP contribution >= 0.6 is 11.3 Å². The fraction of sp³-hybridized carbons (Fsp3) is 0.